The van der Waals surface area contributed by atoms with Crippen LogP contribution < -0.4 is 5.32 Å². The van der Waals surface area contributed by atoms with Gasteiger partial charge in [-0.3, -0.25) is 0 Å². The van der Waals surface area contributed by atoms with Crippen LogP contribution in [0.3, 0.4) is 0 Å². The van der Waals surface area contributed by atoms with Crippen LogP contribution in [-0.4, -0.2) is 19.3 Å². The van der Waals surface area contributed by atoms with Crippen LogP contribution in [0.5, 0.6) is 0 Å². The minimum absolute atomic E-state index is 0.434. The average Bonchev–Trinajstić information content (AvgIpc) is 2.34. The number of ether oxygens (including phenoxy) is 1. The molecule has 1 fully saturated rings. The van der Waals surface area contributed by atoms with Crippen molar-refractivity contribution in [3.8, 4) is 0 Å². The molecule has 18 heavy (non-hydrogen) atoms. The Labute approximate surface area is 111 Å². The summed E-state index contributed by atoms with van der Waals surface area (Å²) in [6.07, 6.45) is 5.17. The highest BCUT2D eigenvalue weighted by atomic mass is 16.5. The van der Waals surface area contributed by atoms with Gasteiger partial charge in [0.25, 0.3) is 0 Å². The van der Waals surface area contributed by atoms with Crippen LogP contribution in [0.1, 0.15) is 50.3 Å². The van der Waals surface area contributed by atoms with Crippen molar-refractivity contribution < 1.29 is 4.74 Å². The third-order valence-electron chi connectivity index (χ3n) is 3.93. The van der Waals surface area contributed by atoms with Crippen LogP contribution in [0.4, 0.5) is 0 Å². The Morgan fingerprint density at radius 2 is 1.94 bits per heavy atom. The predicted octanol–water partition coefficient (Wildman–Crippen LogP) is 3.47. The van der Waals surface area contributed by atoms with Crippen molar-refractivity contribution >= 4 is 0 Å². The second-order valence-electron chi connectivity index (χ2n) is 5.41. The fourth-order valence-electron chi connectivity index (χ4n) is 2.61. The van der Waals surface area contributed by atoms with Gasteiger partial charge in [-0.05, 0) is 37.3 Å². The molecule has 1 saturated carbocycles. The number of benzene rings is 1. The summed E-state index contributed by atoms with van der Waals surface area (Å²) in [5, 5.41) is 3.67. The van der Waals surface area contributed by atoms with E-state index in [1.165, 1.54) is 24.0 Å². The second-order valence-corrected chi connectivity index (χ2v) is 5.41. The molecule has 2 nitrogen and oxygen atoms in total. The zero-order valence-corrected chi connectivity index (χ0v) is 11.8. The van der Waals surface area contributed by atoms with Gasteiger partial charge in [0.1, 0.15) is 0 Å². The van der Waals surface area contributed by atoms with E-state index in [-0.39, 0.29) is 0 Å². The molecular formula is C16H25NO. The molecule has 100 valence electrons. The zero-order chi connectivity index (χ0) is 13.0. The average molecular weight is 247 g/mol. The summed E-state index contributed by atoms with van der Waals surface area (Å²) in [5.74, 6) is 0. The molecule has 1 aliphatic rings. The maximum atomic E-state index is 5.31. The van der Waals surface area contributed by atoms with Gasteiger partial charge < -0.3 is 10.1 Å². The Kier molecular flexibility index (Phi) is 4.79. The van der Waals surface area contributed by atoms with Gasteiger partial charge in [-0.25, -0.2) is 0 Å². The molecule has 0 spiro atoms. The minimum atomic E-state index is 0.434. The van der Waals surface area contributed by atoms with Crippen molar-refractivity contribution in [2.45, 2.75) is 57.7 Å². The van der Waals surface area contributed by atoms with Crippen LogP contribution in [0.15, 0.2) is 24.3 Å². The highest BCUT2D eigenvalue weighted by Gasteiger charge is 2.29. The van der Waals surface area contributed by atoms with E-state index >= 15 is 0 Å². The van der Waals surface area contributed by atoms with Crippen molar-refractivity contribution in [3.05, 3.63) is 35.4 Å². The van der Waals surface area contributed by atoms with Crippen LogP contribution in [0.2, 0.25) is 0 Å². The Bertz CT molecular complexity index is 354. The molecular weight excluding hydrogens is 222 g/mol. The van der Waals surface area contributed by atoms with E-state index in [2.05, 4.69) is 43.4 Å². The number of hydrogen-bond acceptors (Lipinski definition) is 2. The third kappa shape index (κ3) is 3.33. The van der Waals surface area contributed by atoms with Crippen molar-refractivity contribution in [1.82, 2.24) is 5.32 Å². The topological polar surface area (TPSA) is 21.3 Å². The summed E-state index contributed by atoms with van der Waals surface area (Å²) >= 11 is 0. The monoisotopic (exact) mass is 247 g/mol. The maximum absolute atomic E-state index is 5.31. The molecule has 1 unspecified atom stereocenters. The lowest BCUT2D eigenvalue weighted by Crippen LogP contribution is -2.45. The number of nitrogens with one attached hydrogen (secondary N) is 1. The van der Waals surface area contributed by atoms with Crippen molar-refractivity contribution in [3.63, 3.8) is 0 Å². The Hall–Kier alpha value is -0.860. The van der Waals surface area contributed by atoms with Crippen LogP contribution in [0.25, 0.3) is 0 Å². The molecule has 0 radical (unpaired) electrons. The zero-order valence-electron chi connectivity index (χ0n) is 11.8. The van der Waals surface area contributed by atoms with Gasteiger partial charge in [0.2, 0.25) is 0 Å². The summed E-state index contributed by atoms with van der Waals surface area (Å²) < 4.78 is 5.31. The largest absolute Gasteiger partial charge is 0.381 e. The van der Waals surface area contributed by atoms with Crippen LogP contribution in [0, 0.1) is 0 Å². The third-order valence-corrected chi connectivity index (χ3v) is 3.93. The summed E-state index contributed by atoms with van der Waals surface area (Å²) in [6.45, 7) is 4.47. The number of methoxy groups -OCH3 is 1. The summed E-state index contributed by atoms with van der Waals surface area (Å²) in [5.41, 5.74) is 2.83. The molecule has 0 aliphatic heterocycles. The summed E-state index contributed by atoms with van der Waals surface area (Å²) in [6, 6.07) is 10.1. The van der Waals surface area contributed by atoms with E-state index in [0.29, 0.717) is 18.2 Å². The number of hydrogen-bond donors (Lipinski definition) is 1. The first-order chi connectivity index (χ1) is 8.72. The molecule has 0 heterocycles. The minimum Gasteiger partial charge on any atom is -0.381 e. The fraction of sp³-hybridized carbons (Fsp3) is 0.625. The second kappa shape index (κ2) is 6.35. The van der Waals surface area contributed by atoms with Crippen molar-refractivity contribution in [2.75, 3.05) is 7.11 Å². The Balaban J connectivity index is 1.83. The van der Waals surface area contributed by atoms with Gasteiger partial charge in [-0.2, -0.15) is 0 Å². The molecule has 1 aliphatic carbocycles. The molecule has 1 aromatic carbocycles. The van der Waals surface area contributed by atoms with E-state index < -0.39 is 0 Å². The van der Waals surface area contributed by atoms with Crippen molar-refractivity contribution in [2.24, 2.45) is 0 Å². The van der Waals surface area contributed by atoms with E-state index in [0.717, 1.165) is 12.8 Å². The van der Waals surface area contributed by atoms with Gasteiger partial charge in [0, 0.05) is 19.2 Å². The van der Waals surface area contributed by atoms with E-state index in [1.807, 2.05) is 0 Å². The highest BCUT2D eigenvalue weighted by molar-refractivity contribution is 5.25. The standard InChI is InChI=1S/C16H25NO/c1-4-5-13-6-8-14(9-7-13)12(2)17-15-10-16(11-15)18-3/h6-9,12,15-17H,4-5,10-11H2,1-3H3. The first-order valence-electron chi connectivity index (χ1n) is 7.10. The molecule has 0 aromatic heterocycles. The Morgan fingerprint density at radius 1 is 1.28 bits per heavy atom. The van der Waals surface area contributed by atoms with Crippen LogP contribution >= 0.6 is 0 Å². The molecule has 1 aromatic rings. The highest BCUT2D eigenvalue weighted by Crippen LogP contribution is 2.25. The van der Waals surface area contributed by atoms with Gasteiger partial charge in [0.05, 0.1) is 6.10 Å². The fourth-order valence-corrected chi connectivity index (χ4v) is 2.61. The lowest BCUT2D eigenvalue weighted by molar-refractivity contribution is 0.0147. The van der Waals surface area contributed by atoms with Gasteiger partial charge in [0.15, 0.2) is 0 Å². The molecule has 1 N–H and O–H groups in total. The van der Waals surface area contributed by atoms with E-state index in [9.17, 15) is 0 Å². The summed E-state index contributed by atoms with van der Waals surface area (Å²) in [7, 11) is 1.80. The van der Waals surface area contributed by atoms with E-state index in [4.69, 9.17) is 4.74 Å². The normalized spacial score (nSPS) is 24.6. The SMILES string of the molecule is CCCc1ccc(C(C)NC2CC(OC)C2)cc1. The lowest BCUT2D eigenvalue weighted by atomic mass is 9.88. The van der Waals surface area contributed by atoms with Gasteiger partial charge >= 0.3 is 0 Å². The predicted molar refractivity (Wildman–Crippen MR) is 75.8 cm³/mol. The van der Waals surface area contributed by atoms with E-state index in [1.54, 1.807) is 7.11 Å². The first kappa shape index (κ1) is 13.6. The van der Waals surface area contributed by atoms with Gasteiger partial charge in [-0.15, -0.1) is 0 Å². The first-order valence-corrected chi connectivity index (χ1v) is 7.10. The Morgan fingerprint density at radius 3 is 2.50 bits per heavy atom. The molecule has 2 heteroatoms. The van der Waals surface area contributed by atoms with Gasteiger partial charge in [-0.1, -0.05) is 37.6 Å². The molecule has 2 rings (SSSR count). The number of rotatable bonds is 6. The smallest absolute Gasteiger partial charge is 0.0601 e. The van der Waals surface area contributed by atoms with Crippen molar-refractivity contribution in [1.29, 1.82) is 0 Å². The quantitative estimate of drug-likeness (QED) is 0.831. The summed E-state index contributed by atoms with van der Waals surface area (Å²) in [4.78, 5) is 0. The molecule has 0 amide bonds. The molecule has 0 saturated heterocycles. The maximum Gasteiger partial charge on any atom is 0.0601 e. The lowest BCUT2D eigenvalue weighted by Gasteiger charge is -2.36. The molecule has 0 bridgehead atoms. The van der Waals surface area contributed by atoms with Crippen LogP contribution in [-0.2, 0) is 11.2 Å². The number of aryl methyl sites for hydroxylation is 1. The molecule has 1 atom stereocenters.